The molecular weight excluding hydrogens is 409 g/mol. The summed E-state index contributed by atoms with van der Waals surface area (Å²) in [5.41, 5.74) is 0.158. The van der Waals surface area contributed by atoms with E-state index in [1.165, 1.54) is 13.0 Å². The molecule has 11 nitrogen and oxygen atoms in total. The second-order valence-electron chi connectivity index (χ2n) is 8.31. The maximum absolute atomic E-state index is 12.6. The van der Waals surface area contributed by atoms with Crippen molar-refractivity contribution in [3.8, 4) is 11.5 Å². The van der Waals surface area contributed by atoms with Crippen molar-refractivity contribution in [3.63, 3.8) is 0 Å². The zero-order valence-corrected chi connectivity index (χ0v) is 17.0. The highest BCUT2D eigenvalue weighted by Gasteiger charge is 2.39. The molecule has 2 atom stereocenters. The zero-order valence-electron chi connectivity index (χ0n) is 17.0. The van der Waals surface area contributed by atoms with Gasteiger partial charge in [-0.2, -0.15) is 0 Å². The summed E-state index contributed by atoms with van der Waals surface area (Å²) in [7, 11) is 0. The minimum absolute atomic E-state index is 0.00550. The molecule has 31 heavy (non-hydrogen) atoms. The predicted octanol–water partition coefficient (Wildman–Crippen LogP) is -2.64. The van der Waals surface area contributed by atoms with E-state index in [1.54, 1.807) is 11.0 Å². The lowest BCUT2D eigenvalue weighted by Gasteiger charge is -2.41. The molecule has 2 amide bonds. The molecule has 2 saturated heterocycles. The first-order valence-corrected chi connectivity index (χ1v) is 10.3. The Morgan fingerprint density at radius 3 is 2.74 bits per heavy atom. The van der Waals surface area contributed by atoms with Crippen LogP contribution in [-0.4, -0.2) is 77.3 Å². The van der Waals surface area contributed by atoms with Crippen LogP contribution in [0.3, 0.4) is 0 Å². The minimum atomic E-state index is -3.14. The molecule has 0 aliphatic carbocycles. The summed E-state index contributed by atoms with van der Waals surface area (Å²) in [4.78, 5) is 37.1. The van der Waals surface area contributed by atoms with Gasteiger partial charge in [-0.05, 0) is 24.5 Å². The van der Waals surface area contributed by atoms with Gasteiger partial charge in [0.1, 0.15) is 11.9 Å². The maximum atomic E-state index is 12.6. The average Bonchev–Trinajstić information content (AvgIpc) is 3.10. The maximum Gasteiger partial charge on any atom is 0.430 e. The summed E-state index contributed by atoms with van der Waals surface area (Å²) in [6, 6.07) is 2.63. The van der Waals surface area contributed by atoms with E-state index in [1.807, 2.05) is 0 Å². The molecule has 0 radical (unpaired) electrons. The normalized spacial score (nSPS) is 24.5. The van der Waals surface area contributed by atoms with E-state index in [9.17, 15) is 29.5 Å². The lowest BCUT2D eigenvalue weighted by atomic mass is 9.70. The summed E-state index contributed by atoms with van der Waals surface area (Å²) in [6.07, 6.45) is 0.304. The van der Waals surface area contributed by atoms with Gasteiger partial charge in [0.2, 0.25) is 11.8 Å². The van der Waals surface area contributed by atoms with E-state index in [4.69, 9.17) is 9.39 Å². The van der Waals surface area contributed by atoms with Crippen LogP contribution in [-0.2, 0) is 16.0 Å². The van der Waals surface area contributed by atoms with E-state index in [0.717, 1.165) is 0 Å². The number of carbonyl (C=O) groups is 3. The number of hydrogen-bond donors (Lipinski definition) is 4. The molecule has 4 N–H and O–H groups in total. The second kappa shape index (κ2) is 8.02. The molecule has 0 aromatic heterocycles. The number of carboxylic acids is 1. The van der Waals surface area contributed by atoms with Crippen LogP contribution in [0.2, 0.25) is 6.32 Å². The van der Waals surface area contributed by atoms with Crippen molar-refractivity contribution in [2.24, 2.45) is 0 Å². The SMILES string of the molecule is CC(=O)N[C@@H]1CN[C@H](C(=O)N2CC(Oc3ccc4c(c3C(=O)[O-])O[B-](O)(O)CC4)C2)C1. The van der Waals surface area contributed by atoms with Crippen molar-refractivity contribution in [2.45, 2.75) is 44.3 Å². The molecular formula is C19H24BN3O8-2. The number of nitrogens with one attached hydrogen (secondary N) is 2. The fourth-order valence-corrected chi connectivity index (χ4v) is 4.24. The van der Waals surface area contributed by atoms with Gasteiger partial charge >= 0.3 is 6.75 Å². The highest BCUT2D eigenvalue weighted by Crippen LogP contribution is 2.38. The van der Waals surface area contributed by atoms with Crippen LogP contribution >= 0.6 is 0 Å². The topological polar surface area (TPSA) is 160 Å². The molecule has 0 saturated carbocycles. The fourth-order valence-electron chi connectivity index (χ4n) is 4.24. The third-order valence-electron chi connectivity index (χ3n) is 5.79. The highest BCUT2D eigenvalue weighted by molar-refractivity contribution is 6.59. The Kier molecular flexibility index (Phi) is 5.54. The van der Waals surface area contributed by atoms with Gasteiger partial charge in [0.25, 0.3) is 0 Å². The van der Waals surface area contributed by atoms with Crippen LogP contribution in [0.1, 0.15) is 29.3 Å². The van der Waals surface area contributed by atoms with Gasteiger partial charge in [0.15, 0.2) is 0 Å². The number of ether oxygens (including phenoxy) is 1. The number of nitrogens with zero attached hydrogens (tertiary/aromatic N) is 1. The van der Waals surface area contributed by atoms with Crippen molar-refractivity contribution < 1.29 is 38.9 Å². The van der Waals surface area contributed by atoms with E-state index in [0.29, 0.717) is 18.5 Å². The standard InChI is InChI=1S/C19H25BN3O8/c1-10(24)22-12-6-14(21-7-12)18(25)23-8-13(9-23)30-15-3-2-11-4-5-20(28,29)31-17(11)16(15)19(26)27/h2-3,12-14,21,28-29H,4-9H2,1H3,(H,22,24)(H,26,27)/q-1/p-1/t12-,14-/m0/s1. The molecule has 1 aromatic rings. The number of carboxylic acid groups (broad SMARTS) is 1. The van der Waals surface area contributed by atoms with Gasteiger partial charge in [-0.15, -0.1) is 0 Å². The Morgan fingerprint density at radius 1 is 1.32 bits per heavy atom. The molecule has 3 aliphatic heterocycles. The van der Waals surface area contributed by atoms with Crippen molar-refractivity contribution in [3.05, 3.63) is 23.3 Å². The Balaban J connectivity index is 1.38. The second-order valence-corrected chi connectivity index (χ2v) is 8.31. The van der Waals surface area contributed by atoms with Crippen LogP contribution in [0, 0.1) is 0 Å². The van der Waals surface area contributed by atoms with Crippen molar-refractivity contribution in [1.82, 2.24) is 15.5 Å². The van der Waals surface area contributed by atoms with Gasteiger partial charge in [-0.3, -0.25) is 9.59 Å². The van der Waals surface area contributed by atoms with Gasteiger partial charge in [-0.25, -0.2) is 0 Å². The molecule has 2 fully saturated rings. The first-order chi connectivity index (χ1) is 14.6. The van der Waals surface area contributed by atoms with Crippen LogP contribution in [0.15, 0.2) is 12.1 Å². The van der Waals surface area contributed by atoms with Crippen LogP contribution < -0.4 is 25.1 Å². The van der Waals surface area contributed by atoms with Crippen LogP contribution in [0.4, 0.5) is 0 Å². The summed E-state index contributed by atoms with van der Waals surface area (Å²) in [5, 5.41) is 37.2. The Bertz CT molecular complexity index is 918. The molecule has 0 bridgehead atoms. The molecule has 168 valence electrons. The Labute approximate surface area is 178 Å². The smallest absolute Gasteiger partial charge is 0.430 e. The first kappa shape index (κ1) is 21.4. The molecule has 0 spiro atoms. The Hall–Kier alpha value is -2.83. The van der Waals surface area contributed by atoms with Gasteiger partial charge in [0.05, 0.1) is 36.4 Å². The average molecular weight is 433 g/mol. The van der Waals surface area contributed by atoms with Crippen molar-refractivity contribution >= 4 is 24.5 Å². The van der Waals surface area contributed by atoms with E-state index in [2.05, 4.69) is 10.6 Å². The lowest BCUT2D eigenvalue weighted by Crippen LogP contribution is -2.59. The van der Waals surface area contributed by atoms with Crippen LogP contribution in [0.5, 0.6) is 11.5 Å². The van der Waals surface area contributed by atoms with Crippen molar-refractivity contribution in [2.75, 3.05) is 19.6 Å². The molecule has 3 aliphatic rings. The number of aryl methyl sites for hydroxylation is 1. The number of aromatic carboxylic acids is 1. The number of rotatable bonds is 5. The molecule has 3 heterocycles. The largest absolute Gasteiger partial charge is 0.669 e. The predicted molar refractivity (Wildman–Crippen MR) is 105 cm³/mol. The monoisotopic (exact) mass is 433 g/mol. The van der Waals surface area contributed by atoms with Gasteiger partial charge in [-0.1, -0.05) is 12.4 Å². The summed E-state index contributed by atoms with van der Waals surface area (Å²) in [5.74, 6) is -1.95. The van der Waals surface area contributed by atoms with E-state index in [-0.39, 0.29) is 60.7 Å². The van der Waals surface area contributed by atoms with Crippen LogP contribution in [0.25, 0.3) is 0 Å². The van der Waals surface area contributed by atoms with Gasteiger partial charge in [0, 0.05) is 19.5 Å². The molecule has 1 aromatic carbocycles. The summed E-state index contributed by atoms with van der Waals surface area (Å²) < 4.78 is 10.9. The first-order valence-electron chi connectivity index (χ1n) is 10.3. The third kappa shape index (κ3) is 4.46. The molecule has 4 rings (SSSR count). The molecule has 12 heteroatoms. The summed E-state index contributed by atoms with van der Waals surface area (Å²) >= 11 is 0. The number of fused-ring (bicyclic) bond motifs is 1. The number of likely N-dealkylation sites (tertiary alicyclic amines) is 1. The van der Waals surface area contributed by atoms with E-state index >= 15 is 0 Å². The number of benzene rings is 1. The number of carbonyl (C=O) groups excluding carboxylic acids is 3. The minimum Gasteiger partial charge on any atom is -0.669 e. The number of hydrogen-bond acceptors (Lipinski definition) is 9. The summed E-state index contributed by atoms with van der Waals surface area (Å²) in [6.45, 7) is -0.629. The van der Waals surface area contributed by atoms with E-state index < -0.39 is 24.9 Å². The Morgan fingerprint density at radius 2 is 2.06 bits per heavy atom. The van der Waals surface area contributed by atoms with Gasteiger partial charge < -0.3 is 44.9 Å². The zero-order chi connectivity index (χ0) is 22.3. The third-order valence-corrected chi connectivity index (χ3v) is 5.79. The number of amides is 2. The quantitative estimate of drug-likeness (QED) is 0.364. The fraction of sp³-hybridized carbons (Fsp3) is 0.526. The molecule has 0 unspecified atom stereocenters. The van der Waals surface area contributed by atoms with Crippen molar-refractivity contribution in [1.29, 1.82) is 0 Å². The highest BCUT2D eigenvalue weighted by atomic mass is 16.6. The lowest BCUT2D eigenvalue weighted by molar-refractivity contribution is -0.255.